The first-order chi connectivity index (χ1) is 13.8. The number of aromatic hydroxyl groups is 1. The third-order valence-electron chi connectivity index (χ3n) is 4.02. The molecule has 0 bridgehead atoms. The Morgan fingerprint density at radius 1 is 1.03 bits per heavy atom. The van der Waals surface area contributed by atoms with Gasteiger partial charge in [0.05, 0.1) is 26.3 Å². The second kappa shape index (κ2) is 9.90. The lowest BCUT2D eigenvalue weighted by Gasteiger charge is -2.14. The number of hydrogen-bond acceptors (Lipinski definition) is 4. The molecular weight excluding hydrogens is 387 g/mol. The van der Waals surface area contributed by atoms with Gasteiger partial charge in [-0.3, -0.25) is 0 Å². The Morgan fingerprint density at radius 2 is 1.69 bits per heavy atom. The highest BCUT2D eigenvalue weighted by molar-refractivity contribution is 5.79. The van der Waals surface area contributed by atoms with Crippen LogP contribution in [0, 0.1) is 0 Å². The molecule has 2 rings (SSSR count). The number of hydrogen-bond donors (Lipinski definition) is 3. The standard InChI is InChI=1S/C20H24F3N3O3/c1-4-24-19(25-11-13-6-5-7-15(8-13)20(21,22)23)26-12-14-9-16(28-2)18(27)17(10-14)29-3/h5-10,27H,4,11-12H2,1-3H3,(H2,24,25,26). The smallest absolute Gasteiger partial charge is 0.416 e. The summed E-state index contributed by atoms with van der Waals surface area (Å²) in [4.78, 5) is 4.43. The fourth-order valence-electron chi connectivity index (χ4n) is 2.59. The normalized spacial score (nSPS) is 11.9. The van der Waals surface area contributed by atoms with E-state index in [4.69, 9.17) is 9.47 Å². The first-order valence-electron chi connectivity index (χ1n) is 8.90. The molecule has 29 heavy (non-hydrogen) atoms. The number of methoxy groups -OCH3 is 2. The summed E-state index contributed by atoms with van der Waals surface area (Å²) in [7, 11) is 2.87. The fraction of sp³-hybridized carbons (Fsp3) is 0.350. The minimum atomic E-state index is -4.38. The summed E-state index contributed by atoms with van der Waals surface area (Å²) in [5.41, 5.74) is 0.521. The maximum atomic E-state index is 12.9. The third-order valence-corrected chi connectivity index (χ3v) is 4.02. The first kappa shape index (κ1) is 22.2. The highest BCUT2D eigenvalue weighted by Gasteiger charge is 2.30. The quantitative estimate of drug-likeness (QED) is 0.479. The van der Waals surface area contributed by atoms with Crippen LogP contribution in [0.5, 0.6) is 17.2 Å². The molecular formula is C20H24F3N3O3. The highest BCUT2D eigenvalue weighted by atomic mass is 19.4. The summed E-state index contributed by atoms with van der Waals surface area (Å²) in [6.45, 7) is 2.88. The molecule has 0 aliphatic heterocycles. The Balaban J connectivity index is 2.13. The van der Waals surface area contributed by atoms with Crippen LogP contribution in [0.4, 0.5) is 13.2 Å². The van der Waals surface area contributed by atoms with E-state index in [1.54, 1.807) is 18.2 Å². The van der Waals surface area contributed by atoms with E-state index in [-0.39, 0.29) is 30.3 Å². The van der Waals surface area contributed by atoms with Crippen molar-refractivity contribution in [2.75, 3.05) is 20.8 Å². The molecule has 0 saturated heterocycles. The summed E-state index contributed by atoms with van der Waals surface area (Å²) < 4.78 is 48.8. The van der Waals surface area contributed by atoms with Gasteiger partial charge in [-0.2, -0.15) is 13.2 Å². The largest absolute Gasteiger partial charge is 0.502 e. The summed E-state index contributed by atoms with van der Waals surface area (Å²) in [5.74, 6) is 0.862. The molecule has 2 aromatic rings. The van der Waals surface area contributed by atoms with Crippen LogP contribution < -0.4 is 20.1 Å². The van der Waals surface area contributed by atoms with Crippen LogP contribution >= 0.6 is 0 Å². The van der Waals surface area contributed by atoms with Crippen molar-refractivity contribution in [2.24, 2.45) is 4.99 Å². The molecule has 0 atom stereocenters. The minimum absolute atomic E-state index is 0.0997. The zero-order chi connectivity index (χ0) is 21.4. The van der Waals surface area contributed by atoms with Gasteiger partial charge in [0.2, 0.25) is 5.75 Å². The SMILES string of the molecule is CCNC(=NCc1cc(OC)c(O)c(OC)c1)NCc1cccc(C(F)(F)F)c1. The van der Waals surface area contributed by atoms with E-state index in [1.807, 2.05) is 6.92 Å². The van der Waals surface area contributed by atoms with E-state index in [0.29, 0.717) is 18.1 Å². The van der Waals surface area contributed by atoms with Crippen molar-refractivity contribution >= 4 is 5.96 Å². The molecule has 3 N–H and O–H groups in total. The van der Waals surface area contributed by atoms with Gasteiger partial charge in [-0.05, 0) is 42.3 Å². The Bertz CT molecular complexity index is 829. The monoisotopic (exact) mass is 411 g/mol. The van der Waals surface area contributed by atoms with E-state index >= 15 is 0 Å². The predicted octanol–water partition coefficient (Wildman–Crippen LogP) is 3.68. The summed E-state index contributed by atoms with van der Waals surface area (Å²) in [5, 5.41) is 16.0. The number of nitrogens with zero attached hydrogens (tertiary/aromatic N) is 1. The maximum Gasteiger partial charge on any atom is 0.416 e. The number of alkyl halides is 3. The maximum absolute atomic E-state index is 12.9. The number of aliphatic imine (C=N–C) groups is 1. The number of phenols is 1. The number of guanidine groups is 1. The molecule has 6 nitrogen and oxygen atoms in total. The van der Waals surface area contributed by atoms with Gasteiger partial charge in [-0.15, -0.1) is 0 Å². The van der Waals surface area contributed by atoms with Crippen LogP contribution in [0.2, 0.25) is 0 Å². The van der Waals surface area contributed by atoms with Crippen LogP contribution in [0.15, 0.2) is 41.4 Å². The summed E-state index contributed by atoms with van der Waals surface area (Å²) >= 11 is 0. The molecule has 0 aromatic heterocycles. The van der Waals surface area contributed by atoms with Crippen LogP contribution in [0.25, 0.3) is 0 Å². The van der Waals surface area contributed by atoms with Gasteiger partial charge in [0.15, 0.2) is 17.5 Å². The van der Waals surface area contributed by atoms with E-state index in [1.165, 1.54) is 20.3 Å². The number of rotatable bonds is 7. The Morgan fingerprint density at radius 3 is 2.24 bits per heavy atom. The number of halogens is 3. The van der Waals surface area contributed by atoms with Crippen LogP contribution in [-0.2, 0) is 19.3 Å². The molecule has 0 amide bonds. The number of benzene rings is 2. The van der Waals surface area contributed by atoms with Crippen molar-refractivity contribution in [3.63, 3.8) is 0 Å². The van der Waals surface area contributed by atoms with E-state index in [0.717, 1.165) is 17.7 Å². The van der Waals surface area contributed by atoms with Crippen LogP contribution in [0.1, 0.15) is 23.6 Å². The van der Waals surface area contributed by atoms with E-state index in [2.05, 4.69) is 15.6 Å². The molecule has 158 valence electrons. The van der Waals surface area contributed by atoms with Gasteiger partial charge in [-0.1, -0.05) is 12.1 Å². The van der Waals surface area contributed by atoms with Gasteiger partial charge in [0.1, 0.15) is 0 Å². The molecule has 0 fully saturated rings. The lowest BCUT2D eigenvalue weighted by molar-refractivity contribution is -0.137. The average Bonchev–Trinajstić information content (AvgIpc) is 2.70. The average molecular weight is 411 g/mol. The summed E-state index contributed by atoms with van der Waals surface area (Å²) in [6, 6.07) is 8.40. The van der Waals surface area contributed by atoms with Gasteiger partial charge in [0.25, 0.3) is 0 Å². The number of ether oxygens (including phenoxy) is 2. The van der Waals surface area contributed by atoms with Crippen LogP contribution in [0.3, 0.4) is 0 Å². The second-order valence-corrected chi connectivity index (χ2v) is 6.10. The molecule has 0 aliphatic rings. The molecule has 0 spiro atoms. The van der Waals surface area contributed by atoms with E-state index < -0.39 is 11.7 Å². The Labute approximate surface area is 167 Å². The Kier molecular flexibility index (Phi) is 7.58. The van der Waals surface area contributed by atoms with Crippen molar-refractivity contribution in [2.45, 2.75) is 26.2 Å². The van der Waals surface area contributed by atoms with Crippen molar-refractivity contribution in [1.29, 1.82) is 0 Å². The molecule has 0 radical (unpaired) electrons. The zero-order valence-electron chi connectivity index (χ0n) is 16.4. The molecule has 2 aromatic carbocycles. The van der Waals surface area contributed by atoms with Crippen molar-refractivity contribution in [1.82, 2.24) is 10.6 Å². The van der Waals surface area contributed by atoms with Crippen LogP contribution in [-0.4, -0.2) is 31.8 Å². The molecule has 9 heteroatoms. The van der Waals surface area contributed by atoms with Crippen molar-refractivity contribution in [3.8, 4) is 17.2 Å². The van der Waals surface area contributed by atoms with Crippen molar-refractivity contribution in [3.05, 3.63) is 53.1 Å². The number of phenolic OH excluding ortho intramolecular Hbond substituents is 1. The lowest BCUT2D eigenvalue weighted by atomic mass is 10.1. The lowest BCUT2D eigenvalue weighted by Crippen LogP contribution is -2.36. The zero-order valence-corrected chi connectivity index (χ0v) is 16.4. The second-order valence-electron chi connectivity index (χ2n) is 6.10. The van der Waals surface area contributed by atoms with Crippen molar-refractivity contribution < 1.29 is 27.8 Å². The molecule has 0 saturated carbocycles. The molecule has 0 aliphatic carbocycles. The minimum Gasteiger partial charge on any atom is -0.502 e. The first-order valence-corrected chi connectivity index (χ1v) is 8.90. The van der Waals surface area contributed by atoms with Gasteiger partial charge in [0, 0.05) is 13.1 Å². The Hall–Kier alpha value is -3.10. The van der Waals surface area contributed by atoms with E-state index in [9.17, 15) is 18.3 Å². The fourth-order valence-corrected chi connectivity index (χ4v) is 2.59. The number of nitrogens with one attached hydrogen (secondary N) is 2. The molecule has 0 unspecified atom stereocenters. The van der Waals surface area contributed by atoms with Gasteiger partial charge < -0.3 is 25.2 Å². The summed E-state index contributed by atoms with van der Waals surface area (Å²) in [6.07, 6.45) is -4.38. The topological polar surface area (TPSA) is 75.1 Å². The highest BCUT2D eigenvalue weighted by Crippen LogP contribution is 2.37. The molecule has 0 heterocycles. The van der Waals surface area contributed by atoms with Gasteiger partial charge in [-0.25, -0.2) is 4.99 Å². The predicted molar refractivity (Wildman–Crippen MR) is 104 cm³/mol. The van der Waals surface area contributed by atoms with Gasteiger partial charge >= 0.3 is 6.18 Å². The third kappa shape index (κ3) is 6.20.